The van der Waals surface area contributed by atoms with Crippen molar-refractivity contribution in [1.82, 2.24) is 4.90 Å². The van der Waals surface area contributed by atoms with Crippen LogP contribution in [-0.4, -0.2) is 29.3 Å². The highest BCUT2D eigenvalue weighted by molar-refractivity contribution is 6.18. The van der Waals surface area contributed by atoms with Crippen molar-refractivity contribution in [2.45, 2.75) is 25.8 Å². The molecular weight excluding hydrogens is 150 g/mol. The number of likely N-dealkylation sites (tertiary alicyclic amines) is 1. The van der Waals surface area contributed by atoms with Crippen LogP contribution in [0.5, 0.6) is 0 Å². The number of halogens is 1. The summed E-state index contributed by atoms with van der Waals surface area (Å²) in [6.07, 6.45) is 1.70. The quantitative estimate of drug-likeness (QED) is 0.558. The minimum Gasteiger partial charge on any atom is -0.339 e. The van der Waals surface area contributed by atoms with Crippen molar-refractivity contribution in [2.24, 2.45) is 0 Å². The first-order chi connectivity index (χ1) is 4.75. The molecule has 2 nitrogen and oxygen atoms in total. The monoisotopic (exact) mass is 161 g/mol. The summed E-state index contributed by atoms with van der Waals surface area (Å²) in [5.41, 5.74) is 0. The molecule has 0 radical (unpaired) electrons. The summed E-state index contributed by atoms with van der Waals surface area (Å²) >= 11 is 5.52. The molecule has 0 aromatic carbocycles. The van der Waals surface area contributed by atoms with E-state index in [2.05, 4.69) is 6.92 Å². The number of amides is 1. The molecule has 1 heterocycles. The lowest BCUT2D eigenvalue weighted by Gasteiger charge is -2.19. The maximum absolute atomic E-state index is 11.0. The topological polar surface area (TPSA) is 20.3 Å². The minimum absolute atomic E-state index is 0.258. The van der Waals surface area contributed by atoms with Crippen LogP contribution in [0.4, 0.5) is 0 Å². The average molecular weight is 162 g/mol. The van der Waals surface area contributed by atoms with Gasteiger partial charge in [-0.3, -0.25) is 4.79 Å². The Balaban J connectivity index is 2.46. The van der Waals surface area contributed by atoms with E-state index >= 15 is 0 Å². The van der Waals surface area contributed by atoms with Crippen molar-refractivity contribution in [3.63, 3.8) is 0 Å². The molecule has 1 rings (SSSR count). The molecule has 1 fully saturated rings. The Hall–Kier alpha value is -0.240. The largest absolute Gasteiger partial charge is 0.339 e. The van der Waals surface area contributed by atoms with Crippen LogP contribution in [0, 0.1) is 0 Å². The summed E-state index contributed by atoms with van der Waals surface area (Å²) in [4.78, 5) is 12.9. The van der Waals surface area contributed by atoms with E-state index in [1.807, 2.05) is 4.90 Å². The molecule has 0 saturated carbocycles. The maximum atomic E-state index is 11.0. The minimum atomic E-state index is 0.258. The SMILES string of the molecule is CC1CCC(=O)N1CCCl. The van der Waals surface area contributed by atoms with E-state index in [4.69, 9.17) is 11.6 Å². The highest BCUT2D eigenvalue weighted by Crippen LogP contribution is 2.17. The fourth-order valence-corrected chi connectivity index (χ4v) is 1.50. The second kappa shape index (κ2) is 3.24. The lowest BCUT2D eigenvalue weighted by molar-refractivity contribution is -0.128. The number of rotatable bonds is 2. The van der Waals surface area contributed by atoms with Gasteiger partial charge in [0.1, 0.15) is 0 Å². The zero-order valence-corrected chi connectivity index (χ0v) is 6.90. The molecule has 0 spiro atoms. The van der Waals surface area contributed by atoms with Crippen molar-refractivity contribution >= 4 is 17.5 Å². The summed E-state index contributed by atoms with van der Waals surface area (Å²) in [5.74, 6) is 0.809. The van der Waals surface area contributed by atoms with E-state index in [0.29, 0.717) is 24.9 Å². The molecule has 1 aliphatic rings. The van der Waals surface area contributed by atoms with E-state index < -0.39 is 0 Å². The second-order valence-electron chi connectivity index (χ2n) is 2.66. The van der Waals surface area contributed by atoms with Gasteiger partial charge in [-0.05, 0) is 13.3 Å². The predicted octanol–water partition coefficient (Wildman–Crippen LogP) is 1.24. The van der Waals surface area contributed by atoms with Crippen LogP contribution in [0.15, 0.2) is 0 Å². The van der Waals surface area contributed by atoms with Gasteiger partial charge in [0.05, 0.1) is 0 Å². The lowest BCUT2D eigenvalue weighted by Crippen LogP contribution is -2.32. The maximum Gasteiger partial charge on any atom is 0.222 e. The zero-order chi connectivity index (χ0) is 7.56. The average Bonchev–Trinajstić information content (AvgIpc) is 2.20. The Morgan fingerprint density at radius 3 is 2.90 bits per heavy atom. The number of hydrogen-bond acceptors (Lipinski definition) is 1. The Kier molecular flexibility index (Phi) is 2.55. The molecule has 1 saturated heterocycles. The number of carbonyl (C=O) groups excluding carboxylic acids is 1. The smallest absolute Gasteiger partial charge is 0.222 e. The zero-order valence-electron chi connectivity index (χ0n) is 6.14. The predicted molar refractivity (Wildman–Crippen MR) is 41.1 cm³/mol. The van der Waals surface area contributed by atoms with Crippen LogP contribution < -0.4 is 0 Å². The van der Waals surface area contributed by atoms with Gasteiger partial charge in [0.25, 0.3) is 0 Å². The highest BCUT2D eigenvalue weighted by atomic mass is 35.5. The molecule has 0 aliphatic carbocycles. The molecule has 0 N–H and O–H groups in total. The molecule has 1 amide bonds. The molecule has 1 aliphatic heterocycles. The Morgan fingerprint density at radius 1 is 1.80 bits per heavy atom. The summed E-state index contributed by atoms with van der Waals surface area (Å²) in [7, 11) is 0. The van der Waals surface area contributed by atoms with Gasteiger partial charge in [-0.2, -0.15) is 0 Å². The Bertz CT molecular complexity index is 138. The van der Waals surface area contributed by atoms with Crippen LogP contribution in [0.1, 0.15) is 19.8 Å². The van der Waals surface area contributed by atoms with E-state index in [9.17, 15) is 4.79 Å². The van der Waals surface area contributed by atoms with Crippen LogP contribution in [0.25, 0.3) is 0 Å². The van der Waals surface area contributed by atoms with Crippen LogP contribution in [-0.2, 0) is 4.79 Å². The van der Waals surface area contributed by atoms with E-state index in [1.165, 1.54) is 0 Å². The molecule has 1 unspecified atom stereocenters. The first-order valence-corrected chi connectivity index (χ1v) is 4.14. The third-order valence-electron chi connectivity index (χ3n) is 1.95. The molecular formula is C7H12ClNO. The third kappa shape index (κ3) is 1.43. The van der Waals surface area contributed by atoms with Crippen molar-refractivity contribution in [3.8, 4) is 0 Å². The summed E-state index contributed by atoms with van der Waals surface area (Å²) < 4.78 is 0. The first-order valence-electron chi connectivity index (χ1n) is 3.61. The summed E-state index contributed by atoms with van der Waals surface area (Å²) in [6.45, 7) is 2.78. The van der Waals surface area contributed by atoms with Gasteiger partial charge in [-0.1, -0.05) is 0 Å². The lowest BCUT2D eigenvalue weighted by atomic mass is 10.2. The van der Waals surface area contributed by atoms with Gasteiger partial charge in [0, 0.05) is 24.9 Å². The van der Waals surface area contributed by atoms with Gasteiger partial charge in [-0.25, -0.2) is 0 Å². The number of hydrogen-bond donors (Lipinski definition) is 0. The number of nitrogens with zero attached hydrogens (tertiary/aromatic N) is 1. The second-order valence-corrected chi connectivity index (χ2v) is 3.04. The fraction of sp³-hybridized carbons (Fsp3) is 0.857. The van der Waals surface area contributed by atoms with Gasteiger partial charge >= 0.3 is 0 Å². The molecule has 0 aromatic rings. The summed E-state index contributed by atoms with van der Waals surface area (Å²) in [6, 6.07) is 0.409. The van der Waals surface area contributed by atoms with Crippen molar-refractivity contribution in [1.29, 1.82) is 0 Å². The fourth-order valence-electron chi connectivity index (χ4n) is 1.31. The van der Waals surface area contributed by atoms with Gasteiger partial charge in [-0.15, -0.1) is 11.6 Å². The van der Waals surface area contributed by atoms with Gasteiger partial charge in [0.2, 0.25) is 5.91 Å². The van der Waals surface area contributed by atoms with Gasteiger partial charge in [0.15, 0.2) is 0 Å². The Morgan fingerprint density at radius 2 is 2.50 bits per heavy atom. The van der Waals surface area contributed by atoms with Gasteiger partial charge < -0.3 is 4.90 Å². The number of carbonyl (C=O) groups is 1. The molecule has 0 bridgehead atoms. The van der Waals surface area contributed by atoms with Crippen LogP contribution in [0.2, 0.25) is 0 Å². The third-order valence-corrected chi connectivity index (χ3v) is 2.12. The van der Waals surface area contributed by atoms with Crippen LogP contribution >= 0.6 is 11.6 Å². The highest BCUT2D eigenvalue weighted by Gasteiger charge is 2.26. The van der Waals surface area contributed by atoms with Crippen molar-refractivity contribution < 1.29 is 4.79 Å². The van der Waals surface area contributed by atoms with Crippen LogP contribution in [0.3, 0.4) is 0 Å². The van der Waals surface area contributed by atoms with E-state index in [-0.39, 0.29) is 5.91 Å². The normalized spacial score (nSPS) is 26.0. The first kappa shape index (κ1) is 7.86. The van der Waals surface area contributed by atoms with E-state index in [1.54, 1.807) is 0 Å². The summed E-state index contributed by atoms with van der Waals surface area (Å²) in [5, 5.41) is 0. The number of alkyl halides is 1. The van der Waals surface area contributed by atoms with Crippen molar-refractivity contribution in [2.75, 3.05) is 12.4 Å². The molecule has 58 valence electrons. The molecule has 10 heavy (non-hydrogen) atoms. The van der Waals surface area contributed by atoms with E-state index in [0.717, 1.165) is 6.42 Å². The Labute approximate surface area is 66.1 Å². The molecule has 3 heteroatoms. The molecule has 1 atom stereocenters. The molecule has 0 aromatic heterocycles. The standard InChI is InChI=1S/C7H12ClNO/c1-6-2-3-7(10)9(6)5-4-8/h6H,2-5H2,1H3. The van der Waals surface area contributed by atoms with Crippen molar-refractivity contribution in [3.05, 3.63) is 0 Å².